The van der Waals surface area contributed by atoms with Crippen molar-refractivity contribution in [2.75, 3.05) is 9.80 Å². The Kier molecular flexibility index (Phi) is 8.24. The number of para-hydroxylation sites is 3. The summed E-state index contributed by atoms with van der Waals surface area (Å²) in [5, 5.41) is 7.27. The van der Waals surface area contributed by atoms with E-state index in [1.807, 2.05) is 0 Å². The minimum Gasteiger partial charge on any atom is -0.312 e. The molecule has 10 aromatic rings. The van der Waals surface area contributed by atoms with Gasteiger partial charge in [-0.2, -0.15) is 0 Å². The van der Waals surface area contributed by atoms with Gasteiger partial charge in [-0.1, -0.05) is 207 Å². The van der Waals surface area contributed by atoms with E-state index >= 15 is 0 Å². The van der Waals surface area contributed by atoms with Gasteiger partial charge in [0, 0.05) is 56.0 Å². The molecule has 0 unspecified atom stereocenters. The van der Waals surface area contributed by atoms with E-state index in [1.54, 1.807) is 0 Å². The fourth-order valence-electron chi connectivity index (χ4n) is 14.3. The maximum Gasteiger partial charge on any atom is 0.252 e. The summed E-state index contributed by atoms with van der Waals surface area (Å²) in [6.45, 7) is 18.7. The van der Waals surface area contributed by atoms with E-state index in [1.165, 1.54) is 115 Å². The quantitative estimate of drug-likeness (QED) is 0.164. The number of benzene rings is 9. The highest BCUT2D eigenvalue weighted by atomic mass is 28.3. The van der Waals surface area contributed by atoms with Crippen LogP contribution in [0.3, 0.4) is 0 Å². The largest absolute Gasteiger partial charge is 0.312 e. The van der Waals surface area contributed by atoms with E-state index in [0.29, 0.717) is 0 Å². The number of aromatic nitrogens is 1. The molecule has 15 rings (SSSR count). The average molecular weight is 942 g/mol. The third-order valence-electron chi connectivity index (χ3n) is 17.5. The molecule has 9 aromatic carbocycles. The van der Waals surface area contributed by atoms with Crippen molar-refractivity contribution in [1.82, 2.24) is 4.57 Å². The van der Waals surface area contributed by atoms with Crippen LogP contribution < -0.4 is 46.9 Å². The maximum absolute atomic E-state index is 2.85. The van der Waals surface area contributed by atoms with Crippen LogP contribution in [0, 0.1) is 0 Å². The van der Waals surface area contributed by atoms with E-state index in [-0.39, 0.29) is 23.0 Å². The van der Waals surface area contributed by atoms with Crippen LogP contribution in [0.1, 0.15) is 77.6 Å². The minimum atomic E-state index is -2.85. The van der Waals surface area contributed by atoms with Crippen LogP contribution in [0.5, 0.6) is 0 Å². The first kappa shape index (κ1) is 42.1. The van der Waals surface area contributed by atoms with Gasteiger partial charge in [0.15, 0.2) is 8.07 Å². The fourth-order valence-corrected chi connectivity index (χ4v) is 19.9. The SMILES string of the molecule is CC(C)(C)c1ccc(N(c2ccc(C(C)(C)C)cc2)c2cc3c4c(c2)-n2c5c(c6cccc(c62)B4c2cccc4c2N3c2ccccc2[Si]42c3ccccc3-c3ccccc32)C(C)(C)c2ccccc2-5)cc1. The second-order valence-electron chi connectivity index (χ2n) is 23.7. The van der Waals surface area contributed by atoms with Gasteiger partial charge in [0.1, 0.15) is 0 Å². The molecule has 5 heterocycles. The maximum atomic E-state index is 2.72. The molecule has 1 aromatic heterocycles. The third-order valence-corrected chi connectivity index (χ3v) is 22.4. The third kappa shape index (κ3) is 5.21. The number of hydrogen-bond donors (Lipinski definition) is 0. The van der Waals surface area contributed by atoms with Gasteiger partial charge < -0.3 is 14.4 Å². The molecule has 0 saturated heterocycles. The van der Waals surface area contributed by atoms with Crippen LogP contribution in [0.25, 0.3) is 39.0 Å². The zero-order valence-electron chi connectivity index (χ0n) is 42.4. The van der Waals surface area contributed by atoms with Crippen molar-refractivity contribution in [1.29, 1.82) is 0 Å². The predicted molar refractivity (Wildman–Crippen MR) is 308 cm³/mol. The Balaban J connectivity index is 1.10. The van der Waals surface area contributed by atoms with Crippen LogP contribution in [-0.4, -0.2) is 19.4 Å². The normalized spacial score (nSPS) is 15.4. The Hall–Kier alpha value is -7.60. The lowest BCUT2D eigenvalue weighted by Crippen LogP contribution is -2.77. The van der Waals surface area contributed by atoms with Gasteiger partial charge in [-0.15, -0.1) is 0 Å². The van der Waals surface area contributed by atoms with Gasteiger partial charge in [-0.05, 0) is 124 Å². The van der Waals surface area contributed by atoms with Crippen molar-refractivity contribution in [2.24, 2.45) is 0 Å². The van der Waals surface area contributed by atoms with Crippen LogP contribution in [0.2, 0.25) is 0 Å². The van der Waals surface area contributed by atoms with Gasteiger partial charge in [0.25, 0.3) is 6.71 Å². The number of hydrogen-bond acceptors (Lipinski definition) is 2. The summed E-state index contributed by atoms with van der Waals surface area (Å²) >= 11 is 0. The van der Waals surface area contributed by atoms with E-state index < -0.39 is 8.07 Å². The molecular weight excluding hydrogens is 886 g/mol. The minimum absolute atomic E-state index is 0.00798. The fraction of sp³-hybridized carbons (Fsp3) is 0.164. The molecule has 5 heteroatoms. The van der Waals surface area contributed by atoms with E-state index in [9.17, 15) is 0 Å². The van der Waals surface area contributed by atoms with Crippen molar-refractivity contribution < 1.29 is 0 Å². The highest BCUT2D eigenvalue weighted by Gasteiger charge is 2.57. The summed E-state index contributed by atoms with van der Waals surface area (Å²) in [6.07, 6.45) is 0. The average Bonchev–Trinajstić information content (AvgIpc) is 3.99. The molecule has 346 valence electrons. The molecular formula is C67H56BN3Si. The van der Waals surface area contributed by atoms with Crippen molar-refractivity contribution in [3.05, 3.63) is 216 Å². The molecule has 1 aliphatic carbocycles. The zero-order chi connectivity index (χ0) is 48.8. The highest BCUT2D eigenvalue weighted by Crippen LogP contribution is 2.55. The van der Waals surface area contributed by atoms with Crippen LogP contribution in [0.15, 0.2) is 194 Å². The lowest BCUT2D eigenvalue weighted by molar-refractivity contribution is 0.590. The van der Waals surface area contributed by atoms with E-state index in [2.05, 4.69) is 264 Å². The Morgan fingerprint density at radius 1 is 0.472 bits per heavy atom. The predicted octanol–water partition coefficient (Wildman–Crippen LogP) is 12.3. The molecule has 0 radical (unpaired) electrons. The molecule has 0 atom stereocenters. The van der Waals surface area contributed by atoms with Crippen LogP contribution >= 0.6 is 0 Å². The Bertz CT molecular complexity index is 3890. The number of fused-ring (bicyclic) bond motifs is 18. The van der Waals surface area contributed by atoms with Crippen LogP contribution in [-0.2, 0) is 16.2 Å². The van der Waals surface area contributed by atoms with Crippen molar-refractivity contribution >= 4 is 96.9 Å². The zero-order valence-corrected chi connectivity index (χ0v) is 43.4. The molecule has 0 bridgehead atoms. The lowest BCUT2D eigenvalue weighted by Gasteiger charge is -2.49. The summed E-state index contributed by atoms with van der Waals surface area (Å²) in [5.74, 6) is 0. The summed E-state index contributed by atoms with van der Waals surface area (Å²) in [7, 11) is -2.85. The molecule has 0 fully saturated rings. The number of anilines is 6. The number of rotatable bonds is 3. The Labute approximate surface area is 425 Å². The molecule has 1 spiro atoms. The smallest absolute Gasteiger partial charge is 0.252 e. The van der Waals surface area contributed by atoms with Crippen molar-refractivity contribution in [3.63, 3.8) is 0 Å². The molecule has 3 nitrogen and oxygen atoms in total. The Morgan fingerprint density at radius 2 is 1.00 bits per heavy atom. The first-order chi connectivity index (χ1) is 34.8. The first-order valence-electron chi connectivity index (χ1n) is 26.0. The highest BCUT2D eigenvalue weighted by molar-refractivity contribution is 7.24. The molecule has 5 aliphatic rings. The van der Waals surface area contributed by atoms with Crippen molar-refractivity contribution in [3.8, 4) is 28.1 Å². The Morgan fingerprint density at radius 3 is 1.64 bits per heavy atom. The van der Waals surface area contributed by atoms with E-state index in [4.69, 9.17) is 0 Å². The lowest BCUT2D eigenvalue weighted by atomic mass is 9.33. The molecule has 4 aliphatic heterocycles. The summed E-state index contributed by atoms with van der Waals surface area (Å²) < 4.78 is 2.71. The molecule has 0 saturated carbocycles. The topological polar surface area (TPSA) is 11.4 Å². The van der Waals surface area contributed by atoms with Gasteiger partial charge >= 0.3 is 0 Å². The summed E-state index contributed by atoms with van der Waals surface area (Å²) in [4.78, 5) is 5.25. The second kappa shape index (κ2) is 14.1. The van der Waals surface area contributed by atoms with Crippen molar-refractivity contribution in [2.45, 2.75) is 71.6 Å². The molecule has 72 heavy (non-hydrogen) atoms. The number of nitrogens with zero attached hydrogens (tertiary/aromatic N) is 3. The second-order valence-corrected chi connectivity index (χ2v) is 27.3. The van der Waals surface area contributed by atoms with Gasteiger partial charge in [0.05, 0.1) is 11.4 Å². The van der Waals surface area contributed by atoms with Gasteiger partial charge in [0.2, 0.25) is 0 Å². The van der Waals surface area contributed by atoms with Crippen LogP contribution in [0.4, 0.5) is 34.1 Å². The van der Waals surface area contributed by atoms with E-state index in [0.717, 1.165) is 17.1 Å². The molecule has 0 amide bonds. The first-order valence-corrected chi connectivity index (χ1v) is 28.0. The molecule has 0 N–H and O–H groups in total. The standard InChI is InChI=1S/C67H56BN3Si/c1-65(2,3)41-31-35-43(36-32-41)69(44-37-33-42(34-38-44)66(4,5)6)45-39-54-61-55(40-45)71-62-49(60-63(71)48-21-9-12-23-50(48)67(60,7)8)22-17-24-51(62)68(61)52-25-18-30-59-64(52)70(54)53-26-13-16-29-58(53)72(59)56-27-14-10-19-46(56)47-20-11-15-28-57(47)72/h9-40H,1-8H3. The summed E-state index contributed by atoms with van der Waals surface area (Å²) in [5.41, 5.74) is 24.8. The monoisotopic (exact) mass is 941 g/mol. The summed E-state index contributed by atoms with van der Waals surface area (Å²) in [6, 6.07) is 75.8. The van der Waals surface area contributed by atoms with Gasteiger partial charge in [-0.3, -0.25) is 0 Å². The van der Waals surface area contributed by atoms with Gasteiger partial charge in [-0.25, -0.2) is 0 Å².